The highest BCUT2D eigenvalue weighted by Gasteiger charge is 2.20. The van der Waals surface area contributed by atoms with Crippen LogP contribution < -0.4 is 4.74 Å². The standard InChI is InChI=1S/C20H19Cl2NO4/c21-16-7-8-18(17(22)12-16)26-10-11-27-20(25)15-5-3-14(4-6-15)13-23-9-1-2-19(23)24/h3-8,12H,1-2,9-11,13H2. The quantitative estimate of drug-likeness (QED) is 0.505. The lowest BCUT2D eigenvalue weighted by atomic mass is 10.1. The van der Waals surface area contributed by atoms with Crippen LogP contribution in [-0.4, -0.2) is 36.5 Å². The van der Waals surface area contributed by atoms with Gasteiger partial charge in [0.2, 0.25) is 5.91 Å². The van der Waals surface area contributed by atoms with Crippen LogP contribution in [0.25, 0.3) is 0 Å². The minimum absolute atomic E-state index is 0.0990. The third-order valence-corrected chi connectivity index (χ3v) is 4.73. The zero-order chi connectivity index (χ0) is 19.2. The Balaban J connectivity index is 1.44. The second-order valence-electron chi connectivity index (χ2n) is 6.17. The van der Waals surface area contributed by atoms with E-state index in [1.54, 1.807) is 30.3 Å². The van der Waals surface area contributed by atoms with Gasteiger partial charge < -0.3 is 14.4 Å². The van der Waals surface area contributed by atoms with E-state index in [0.29, 0.717) is 34.3 Å². The van der Waals surface area contributed by atoms with E-state index in [-0.39, 0.29) is 19.1 Å². The molecule has 0 saturated carbocycles. The molecule has 27 heavy (non-hydrogen) atoms. The van der Waals surface area contributed by atoms with Crippen LogP contribution in [0.15, 0.2) is 42.5 Å². The lowest BCUT2D eigenvalue weighted by Crippen LogP contribution is -2.23. The van der Waals surface area contributed by atoms with Crippen LogP contribution in [0.4, 0.5) is 0 Å². The molecular weight excluding hydrogens is 389 g/mol. The first-order chi connectivity index (χ1) is 13.0. The average Bonchev–Trinajstić information content (AvgIpc) is 3.05. The van der Waals surface area contributed by atoms with Gasteiger partial charge in [-0.2, -0.15) is 0 Å². The summed E-state index contributed by atoms with van der Waals surface area (Å²) in [6, 6.07) is 12.0. The molecule has 0 unspecified atom stereocenters. The lowest BCUT2D eigenvalue weighted by molar-refractivity contribution is -0.128. The fourth-order valence-corrected chi connectivity index (χ4v) is 3.26. The van der Waals surface area contributed by atoms with Crippen LogP contribution >= 0.6 is 23.2 Å². The summed E-state index contributed by atoms with van der Waals surface area (Å²) in [5.41, 5.74) is 1.44. The van der Waals surface area contributed by atoms with Crippen LogP contribution in [0.3, 0.4) is 0 Å². The number of halogens is 2. The Bertz CT molecular complexity index is 823. The van der Waals surface area contributed by atoms with E-state index in [9.17, 15) is 9.59 Å². The predicted octanol–water partition coefficient (Wildman–Crippen LogP) is 4.35. The summed E-state index contributed by atoms with van der Waals surface area (Å²) < 4.78 is 10.7. The Hall–Kier alpha value is -2.24. The molecule has 1 amide bonds. The molecule has 1 heterocycles. The van der Waals surface area contributed by atoms with Crippen molar-refractivity contribution in [2.75, 3.05) is 19.8 Å². The topological polar surface area (TPSA) is 55.8 Å². The third kappa shape index (κ3) is 5.37. The van der Waals surface area contributed by atoms with E-state index in [0.717, 1.165) is 18.5 Å². The molecule has 0 radical (unpaired) electrons. The molecule has 1 aliphatic heterocycles. The molecule has 0 atom stereocenters. The first-order valence-electron chi connectivity index (χ1n) is 8.64. The van der Waals surface area contributed by atoms with E-state index in [1.807, 2.05) is 17.0 Å². The van der Waals surface area contributed by atoms with Gasteiger partial charge >= 0.3 is 5.97 Å². The van der Waals surface area contributed by atoms with Gasteiger partial charge in [0.05, 0.1) is 10.6 Å². The molecule has 0 bridgehead atoms. The highest BCUT2D eigenvalue weighted by Crippen LogP contribution is 2.27. The lowest BCUT2D eigenvalue weighted by Gasteiger charge is -2.15. The maximum atomic E-state index is 12.1. The maximum absolute atomic E-state index is 12.1. The molecule has 1 aliphatic rings. The maximum Gasteiger partial charge on any atom is 0.338 e. The summed E-state index contributed by atoms with van der Waals surface area (Å²) in [5.74, 6) is 0.238. The molecule has 1 fully saturated rings. The Morgan fingerprint density at radius 3 is 2.52 bits per heavy atom. The molecule has 7 heteroatoms. The summed E-state index contributed by atoms with van der Waals surface area (Å²) in [5, 5.41) is 0.928. The van der Waals surface area contributed by atoms with Crippen molar-refractivity contribution in [2.45, 2.75) is 19.4 Å². The summed E-state index contributed by atoms with van der Waals surface area (Å²) >= 11 is 11.8. The highest BCUT2D eigenvalue weighted by molar-refractivity contribution is 6.35. The van der Waals surface area contributed by atoms with Gasteiger partial charge in [0, 0.05) is 24.5 Å². The molecule has 2 aromatic carbocycles. The van der Waals surface area contributed by atoms with Gasteiger partial charge in [-0.15, -0.1) is 0 Å². The van der Waals surface area contributed by atoms with Gasteiger partial charge in [0.1, 0.15) is 19.0 Å². The smallest absolute Gasteiger partial charge is 0.338 e. The summed E-state index contributed by atoms with van der Waals surface area (Å²) in [6.45, 7) is 1.65. The number of carbonyl (C=O) groups excluding carboxylic acids is 2. The van der Waals surface area contributed by atoms with Gasteiger partial charge in [0.25, 0.3) is 0 Å². The van der Waals surface area contributed by atoms with Gasteiger partial charge in [-0.1, -0.05) is 35.3 Å². The predicted molar refractivity (Wildman–Crippen MR) is 103 cm³/mol. The van der Waals surface area contributed by atoms with E-state index < -0.39 is 5.97 Å². The van der Waals surface area contributed by atoms with Crippen molar-refractivity contribution in [1.82, 2.24) is 4.90 Å². The van der Waals surface area contributed by atoms with E-state index in [1.165, 1.54) is 0 Å². The first kappa shape index (κ1) is 19.5. The molecule has 142 valence electrons. The number of nitrogens with zero attached hydrogens (tertiary/aromatic N) is 1. The summed E-state index contributed by atoms with van der Waals surface area (Å²) in [7, 11) is 0. The first-order valence-corrected chi connectivity index (χ1v) is 9.40. The fraction of sp³-hybridized carbons (Fsp3) is 0.300. The summed E-state index contributed by atoms with van der Waals surface area (Å²) in [4.78, 5) is 25.6. The monoisotopic (exact) mass is 407 g/mol. The number of esters is 1. The van der Waals surface area contributed by atoms with Crippen molar-refractivity contribution in [3.8, 4) is 5.75 Å². The number of likely N-dealkylation sites (tertiary alicyclic amines) is 1. The molecule has 1 saturated heterocycles. The van der Waals surface area contributed by atoms with Crippen molar-refractivity contribution in [2.24, 2.45) is 0 Å². The van der Waals surface area contributed by atoms with E-state index >= 15 is 0 Å². The third-order valence-electron chi connectivity index (χ3n) is 4.20. The molecule has 5 nitrogen and oxygen atoms in total. The Morgan fingerprint density at radius 1 is 1.07 bits per heavy atom. The van der Waals surface area contributed by atoms with Crippen molar-refractivity contribution in [3.63, 3.8) is 0 Å². The van der Waals surface area contributed by atoms with Crippen LogP contribution in [0.2, 0.25) is 10.0 Å². The fourth-order valence-electron chi connectivity index (χ4n) is 2.80. The number of hydrogen-bond acceptors (Lipinski definition) is 4. The molecule has 3 rings (SSSR count). The van der Waals surface area contributed by atoms with Crippen LogP contribution in [0, 0.1) is 0 Å². The van der Waals surface area contributed by atoms with Crippen molar-refractivity contribution in [1.29, 1.82) is 0 Å². The minimum atomic E-state index is -0.426. The Morgan fingerprint density at radius 2 is 1.85 bits per heavy atom. The second kappa shape index (κ2) is 9.11. The summed E-state index contributed by atoms with van der Waals surface area (Å²) in [6.07, 6.45) is 1.53. The number of carbonyl (C=O) groups is 2. The minimum Gasteiger partial charge on any atom is -0.488 e. The molecule has 0 N–H and O–H groups in total. The van der Waals surface area contributed by atoms with Crippen LogP contribution in [0.5, 0.6) is 5.75 Å². The Labute approximate surface area is 167 Å². The number of ether oxygens (including phenoxy) is 2. The number of amides is 1. The second-order valence-corrected chi connectivity index (χ2v) is 7.02. The number of rotatable bonds is 7. The van der Waals surface area contributed by atoms with Crippen molar-refractivity contribution in [3.05, 3.63) is 63.6 Å². The number of benzene rings is 2. The van der Waals surface area contributed by atoms with Crippen molar-refractivity contribution < 1.29 is 19.1 Å². The van der Waals surface area contributed by atoms with Gasteiger partial charge in [-0.25, -0.2) is 4.79 Å². The molecule has 0 aliphatic carbocycles. The van der Waals surface area contributed by atoms with Crippen LogP contribution in [-0.2, 0) is 16.1 Å². The van der Waals surface area contributed by atoms with E-state index in [4.69, 9.17) is 32.7 Å². The zero-order valence-electron chi connectivity index (χ0n) is 14.6. The van der Waals surface area contributed by atoms with Gasteiger partial charge in [-0.3, -0.25) is 4.79 Å². The molecule has 0 aromatic heterocycles. The average molecular weight is 408 g/mol. The SMILES string of the molecule is O=C(OCCOc1ccc(Cl)cc1Cl)c1ccc(CN2CCCC2=O)cc1. The van der Waals surface area contributed by atoms with Gasteiger partial charge in [0.15, 0.2) is 0 Å². The normalized spacial score (nSPS) is 13.7. The number of hydrogen-bond donors (Lipinski definition) is 0. The molecule has 0 spiro atoms. The zero-order valence-corrected chi connectivity index (χ0v) is 16.1. The molecular formula is C20H19Cl2NO4. The largest absolute Gasteiger partial charge is 0.488 e. The van der Waals surface area contributed by atoms with Crippen LogP contribution in [0.1, 0.15) is 28.8 Å². The molecule has 2 aromatic rings. The van der Waals surface area contributed by atoms with E-state index in [2.05, 4.69) is 0 Å². The van der Waals surface area contributed by atoms with Crippen molar-refractivity contribution >= 4 is 35.1 Å². The van der Waals surface area contributed by atoms with Gasteiger partial charge in [-0.05, 0) is 42.3 Å². The Kier molecular flexibility index (Phi) is 6.58. The highest BCUT2D eigenvalue weighted by atomic mass is 35.5.